The maximum atomic E-state index is 12.5. The molecule has 2 rings (SSSR count). The molecule has 124 valence electrons. The largest absolute Gasteiger partial charge is 0.497 e. The Morgan fingerprint density at radius 1 is 1.32 bits per heavy atom. The fourth-order valence-electron chi connectivity index (χ4n) is 2.86. The predicted octanol–water partition coefficient (Wildman–Crippen LogP) is 1.97. The normalized spacial score (nSPS) is 22.7. The molecule has 0 spiro atoms. The number of hydrogen-bond acceptors (Lipinski definition) is 4. The Hall–Kier alpha value is -1.11. The van der Waals surface area contributed by atoms with Crippen LogP contribution in [0.25, 0.3) is 0 Å². The van der Waals surface area contributed by atoms with E-state index in [2.05, 4.69) is 4.72 Å². The Labute approximate surface area is 133 Å². The van der Waals surface area contributed by atoms with Crippen LogP contribution in [0.4, 0.5) is 0 Å². The summed E-state index contributed by atoms with van der Waals surface area (Å²) in [6.45, 7) is 4.67. The summed E-state index contributed by atoms with van der Waals surface area (Å²) in [6.07, 6.45) is 1.23. The zero-order valence-electron chi connectivity index (χ0n) is 13.4. The molecule has 2 atom stereocenters. The number of benzene rings is 1. The Morgan fingerprint density at radius 2 is 2.00 bits per heavy atom. The summed E-state index contributed by atoms with van der Waals surface area (Å²) >= 11 is 0. The van der Waals surface area contributed by atoms with Crippen LogP contribution in [0.5, 0.6) is 5.75 Å². The second-order valence-corrected chi connectivity index (χ2v) is 7.96. The Bertz CT molecular complexity index is 568. The van der Waals surface area contributed by atoms with Crippen LogP contribution in [0, 0.1) is 5.92 Å². The minimum Gasteiger partial charge on any atom is -0.497 e. The first-order valence-corrected chi connectivity index (χ1v) is 9.19. The van der Waals surface area contributed by atoms with Gasteiger partial charge in [0.05, 0.1) is 19.0 Å². The van der Waals surface area contributed by atoms with E-state index in [9.17, 15) is 8.42 Å². The third kappa shape index (κ3) is 4.44. The van der Waals surface area contributed by atoms with Crippen molar-refractivity contribution in [1.82, 2.24) is 4.72 Å². The standard InChI is InChI=1S/C16H25NO4S/c1-12(2)17-22(18,19)16-8-9-21-11-14(16)10-13-4-6-15(20-3)7-5-13/h4-7,12,14,16-17H,8-11H2,1-3H3/t14-,16+/m0/s1. The van der Waals surface area contributed by atoms with E-state index in [1.54, 1.807) is 7.11 Å². The molecule has 1 saturated heterocycles. The van der Waals surface area contributed by atoms with E-state index in [0.717, 1.165) is 11.3 Å². The highest BCUT2D eigenvalue weighted by Crippen LogP contribution is 2.26. The van der Waals surface area contributed by atoms with Crippen LogP contribution >= 0.6 is 0 Å². The van der Waals surface area contributed by atoms with Crippen molar-refractivity contribution in [1.29, 1.82) is 0 Å². The first kappa shape index (κ1) is 17.2. The van der Waals surface area contributed by atoms with Crippen molar-refractivity contribution in [3.8, 4) is 5.75 Å². The second kappa shape index (κ2) is 7.44. The summed E-state index contributed by atoms with van der Waals surface area (Å²) < 4.78 is 38.4. The fourth-order valence-corrected chi connectivity index (χ4v) is 4.78. The van der Waals surface area contributed by atoms with Gasteiger partial charge in [-0.1, -0.05) is 12.1 Å². The Kier molecular flexibility index (Phi) is 5.83. The molecule has 0 amide bonds. The molecular weight excluding hydrogens is 302 g/mol. The van der Waals surface area contributed by atoms with Gasteiger partial charge < -0.3 is 9.47 Å². The number of nitrogens with one attached hydrogen (secondary N) is 1. The van der Waals surface area contributed by atoms with E-state index >= 15 is 0 Å². The van der Waals surface area contributed by atoms with Crippen LogP contribution in [0.1, 0.15) is 25.8 Å². The molecule has 0 radical (unpaired) electrons. The molecule has 1 aromatic rings. The molecule has 0 unspecified atom stereocenters. The van der Waals surface area contributed by atoms with Crippen molar-refractivity contribution >= 4 is 10.0 Å². The quantitative estimate of drug-likeness (QED) is 0.867. The van der Waals surface area contributed by atoms with Gasteiger partial charge in [-0.05, 0) is 44.4 Å². The van der Waals surface area contributed by atoms with E-state index in [4.69, 9.17) is 9.47 Å². The molecule has 1 aliphatic rings. The summed E-state index contributed by atoms with van der Waals surface area (Å²) in [5.41, 5.74) is 1.10. The van der Waals surface area contributed by atoms with Crippen molar-refractivity contribution in [3.63, 3.8) is 0 Å². The summed E-state index contributed by atoms with van der Waals surface area (Å²) in [5, 5.41) is -0.397. The monoisotopic (exact) mass is 327 g/mol. The average molecular weight is 327 g/mol. The topological polar surface area (TPSA) is 64.6 Å². The van der Waals surface area contributed by atoms with Crippen LogP contribution in [0.15, 0.2) is 24.3 Å². The van der Waals surface area contributed by atoms with Crippen LogP contribution < -0.4 is 9.46 Å². The average Bonchev–Trinajstić information content (AvgIpc) is 2.47. The van der Waals surface area contributed by atoms with E-state index in [1.165, 1.54) is 0 Å². The molecule has 1 N–H and O–H groups in total. The van der Waals surface area contributed by atoms with Crippen LogP contribution in [-0.4, -0.2) is 40.0 Å². The third-order valence-corrected chi connectivity index (χ3v) is 6.08. The maximum Gasteiger partial charge on any atom is 0.215 e. The lowest BCUT2D eigenvalue weighted by Crippen LogP contribution is -2.46. The van der Waals surface area contributed by atoms with Gasteiger partial charge in [-0.2, -0.15) is 0 Å². The summed E-state index contributed by atoms with van der Waals surface area (Å²) in [7, 11) is -1.69. The van der Waals surface area contributed by atoms with E-state index in [0.29, 0.717) is 26.1 Å². The van der Waals surface area contributed by atoms with Crippen LogP contribution in [0.3, 0.4) is 0 Å². The fraction of sp³-hybridized carbons (Fsp3) is 0.625. The maximum absolute atomic E-state index is 12.5. The van der Waals surface area contributed by atoms with Gasteiger partial charge in [0.15, 0.2) is 0 Å². The molecule has 1 heterocycles. The first-order valence-electron chi connectivity index (χ1n) is 7.64. The van der Waals surface area contributed by atoms with Gasteiger partial charge in [-0.25, -0.2) is 13.1 Å². The number of sulfonamides is 1. The van der Waals surface area contributed by atoms with Gasteiger partial charge in [0, 0.05) is 18.6 Å². The molecule has 22 heavy (non-hydrogen) atoms. The first-order chi connectivity index (χ1) is 10.4. The van der Waals surface area contributed by atoms with Gasteiger partial charge >= 0.3 is 0 Å². The summed E-state index contributed by atoms with van der Waals surface area (Å²) in [4.78, 5) is 0. The molecule has 1 fully saturated rings. The molecule has 1 aliphatic heterocycles. The molecule has 0 aliphatic carbocycles. The van der Waals surface area contributed by atoms with Crippen molar-refractivity contribution < 1.29 is 17.9 Å². The van der Waals surface area contributed by atoms with E-state index in [-0.39, 0.29) is 12.0 Å². The predicted molar refractivity (Wildman–Crippen MR) is 86.6 cm³/mol. The summed E-state index contributed by atoms with van der Waals surface area (Å²) in [5.74, 6) is 0.771. The number of methoxy groups -OCH3 is 1. The van der Waals surface area contributed by atoms with Gasteiger partial charge in [-0.15, -0.1) is 0 Å². The number of hydrogen-bond donors (Lipinski definition) is 1. The van der Waals surface area contributed by atoms with Crippen molar-refractivity contribution in [2.45, 2.75) is 38.0 Å². The van der Waals surface area contributed by atoms with Gasteiger partial charge in [0.1, 0.15) is 5.75 Å². The molecule has 5 nitrogen and oxygen atoms in total. The highest BCUT2D eigenvalue weighted by Gasteiger charge is 2.36. The third-order valence-electron chi connectivity index (χ3n) is 3.86. The number of ether oxygens (including phenoxy) is 2. The van der Waals surface area contributed by atoms with Crippen molar-refractivity contribution in [2.24, 2.45) is 5.92 Å². The van der Waals surface area contributed by atoms with Crippen LogP contribution in [0.2, 0.25) is 0 Å². The lowest BCUT2D eigenvalue weighted by atomic mass is 9.93. The van der Waals surface area contributed by atoms with E-state index in [1.807, 2.05) is 38.1 Å². The van der Waals surface area contributed by atoms with Crippen molar-refractivity contribution in [2.75, 3.05) is 20.3 Å². The SMILES string of the molecule is COc1ccc(C[C@H]2COCC[C@H]2S(=O)(=O)NC(C)C)cc1. The molecule has 0 bridgehead atoms. The van der Waals surface area contributed by atoms with Crippen molar-refractivity contribution in [3.05, 3.63) is 29.8 Å². The highest BCUT2D eigenvalue weighted by atomic mass is 32.2. The minimum atomic E-state index is -3.32. The van der Waals surface area contributed by atoms with Gasteiger partial charge in [0.2, 0.25) is 10.0 Å². The molecule has 0 saturated carbocycles. The van der Waals surface area contributed by atoms with E-state index < -0.39 is 15.3 Å². The number of rotatable bonds is 6. The van der Waals surface area contributed by atoms with Crippen LogP contribution in [-0.2, 0) is 21.2 Å². The molecular formula is C16H25NO4S. The Balaban J connectivity index is 2.12. The Morgan fingerprint density at radius 3 is 2.59 bits per heavy atom. The smallest absolute Gasteiger partial charge is 0.215 e. The van der Waals surface area contributed by atoms with Gasteiger partial charge in [-0.3, -0.25) is 0 Å². The molecule has 0 aromatic heterocycles. The summed E-state index contributed by atoms with van der Waals surface area (Å²) in [6, 6.07) is 7.67. The zero-order chi connectivity index (χ0) is 16.2. The molecule has 6 heteroatoms. The highest BCUT2D eigenvalue weighted by molar-refractivity contribution is 7.90. The van der Waals surface area contributed by atoms with Gasteiger partial charge in [0.25, 0.3) is 0 Å². The molecule has 1 aromatic carbocycles. The lowest BCUT2D eigenvalue weighted by molar-refractivity contribution is 0.0569. The lowest BCUT2D eigenvalue weighted by Gasteiger charge is -2.32. The minimum absolute atomic E-state index is 0.0293. The second-order valence-electron chi connectivity index (χ2n) is 6.03. The zero-order valence-corrected chi connectivity index (χ0v) is 14.2.